The van der Waals surface area contributed by atoms with Crippen molar-refractivity contribution in [2.75, 3.05) is 23.4 Å². The van der Waals surface area contributed by atoms with Crippen LogP contribution in [0, 0.1) is 0 Å². The van der Waals surface area contributed by atoms with Crippen LogP contribution < -0.4 is 14.8 Å². The Morgan fingerprint density at radius 1 is 1.17 bits per heavy atom. The van der Waals surface area contributed by atoms with Crippen LogP contribution in [0.3, 0.4) is 0 Å². The fraction of sp³-hybridized carbons (Fsp3) is 0.188. The molecule has 24 heavy (non-hydrogen) atoms. The zero-order valence-electron chi connectivity index (χ0n) is 13.2. The van der Waals surface area contributed by atoms with Crippen molar-refractivity contribution in [1.29, 1.82) is 0 Å². The van der Waals surface area contributed by atoms with Crippen molar-refractivity contribution in [3.63, 3.8) is 0 Å². The Morgan fingerprint density at radius 3 is 2.42 bits per heavy atom. The van der Waals surface area contributed by atoms with E-state index in [-0.39, 0.29) is 12.3 Å². The first-order chi connectivity index (χ1) is 11.3. The largest absolute Gasteiger partial charge is 0.494 e. The minimum Gasteiger partial charge on any atom is -0.494 e. The Balaban J connectivity index is 2.09. The van der Waals surface area contributed by atoms with Crippen molar-refractivity contribution in [1.82, 2.24) is 0 Å². The number of amides is 1. The van der Waals surface area contributed by atoms with Crippen molar-refractivity contribution < 1.29 is 17.9 Å². The van der Waals surface area contributed by atoms with Crippen LogP contribution in [0.4, 0.5) is 11.4 Å². The van der Waals surface area contributed by atoms with Crippen LogP contribution in [0.15, 0.2) is 42.5 Å². The highest BCUT2D eigenvalue weighted by atomic mass is 35.5. The summed E-state index contributed by atoms with van der Waals surface area (Å²) in [5.74, 6) is 0.105. The Labute approximate surface area is 145 Å². The summed E-state index contributed by atoms with van der Waals surface area (Å²) in [5, 5.41) is 3.35. The molecule has 2 N–H and O–H groups in total. The number of hydrogen-bond donors (Lipinski definition) is 2. The summed E-state index contributed by atoms with van der Waals surface area (Å²) >= 11 is 5.81. The normalized spacial score (nSPS) is 11.0. The molecule has 0 bridgehead atoms. The van der Waals surface area contributed by atoms with Gasteiger partial charge in [-0.3, -0.25) is 9.52 Å². The van der Waals surface area contributed by atoms with E-state index in [0.29, 0.717) is 22.1 Å². The lowest BCUT2D eigenvalue weighted by molar-refractivity contribution is -0.115. The summed E-state index contributed by atoms with van der Waals surface area (Å²) in [4.78, 5) is 12.1. The number of ether oxygens (including phenoxy) is 1. The monoisotopic (exact) mass is 368 g/mol. The fourth-order valence-electron chi connectivity index (χ4n) is 2.05. The molecule has 0 aromatic heterocycles. The van der Waals surface area contributed by atoms with Crippen molar-refractivity contribution in [3.8, 4) is 5.75 Å². The van der Waals surface area contributed by atoms with Gasteiger partial charge in [0.25, 0.3) is 0 Å². The summed E-state index contributed by atoms with van der Waals surface area (Å²) in [6.45, 7) is 0. The quantitative estimate of drug-likeness (QED) is 0.821. The van der Waals surface area contributed by atoms with E-state index in [0.717, 1.165) is 11.8 Å². The number of sulfonamides is 1. The van der Waals surface area contributed by atoms with Gasteiger partial charge < -0.3 is 10.1 Å². The van der Waals surface area contributed by atoms with Gasteiger partial charge in [0.05, 0.1) is 25.5 Å². The second-order valence-electron chi connectivity index (χ2n) is 5.14. The molecule has 0 aliphatic rings. The van der Waals surface area contributed by atoms with E-state index in [1.807, 2.05) is 0 Å². The van der Waals surface area contributed by atoms with Crippen LogP contribution in [0.2, 0.25) is 5.02 Å². The molecule has 6 nitrogen and oxygen atoms in total. The summed E-state index contributed by atoms with van der Waals surface area (Å²) in [7, 11) is -2.00. The van der Waals surface area contributed by atoms with E-state index in [9.17, 15) is 13.2 Å². The van der Waals surface area contributed by atoms with Crippen LogP contribution in [-0.2, 0) is 21.2 Å². The molecule has 0 radical (unpaired) electrons. The maximum absolute atomic E-state index is 12.1. The molecule has 2 aromatic carbocycles. The van der Waals surface area contributed by atoms with Gasteiger partial charge in [-0.05, 0) is 29.8 Å². The molecular formula is C16H17ClN2O4S. The number of halogens is 1. The van der Waals surface area contributed by atoms with Crippen molar-refractivity contribution in [2.24, 2.45) is 0 Å². The van der Waals surface area contributed by atoms with E-state index >= 15 is 0 Å². The van der Waals surface area contributed by atoms with Gasteiger partial charge in [0.2, 0.25) is 15.9 Å². The number of nitrogens with one attached hydrogen (secondary N) is 2. The van der Waals surface area contributed by atoms with Gasteiger partial charge in [0.15, 0.2) is 0 Å². The molecule has 0 spiro atoms. The summed E-state index contributed by atoms with van der Waals surface area (Å²) in [5.41, 5.74) is 1.64. The van der Waals surface area contributed by atoms with Gasteiger partial charge in [-0.15, -0.1) is 0 Å². The number of carbonyl (C=O) groups excluding carboxylic acids is 1. The van der Waals surface area contributed by atoms with Gasteiger partial charge >= 0.3 is 0 Å². The molecule has 2 aromatic rings. The summed E-state index contributed by atoms with van der Waals surface area (Å²) in [6.07, 6.45) is 1.25. The van der Waals surface area contributed by atoms with E-state index < -0.39 is 10.0 Å². The molecule has 0 heterocycles. The Kier molecular flexibility index (Phi) is 5.69. The first-order valence-electron chi connectivity index (χ1n) is 6.97. The van der Waals surface area contributed by atoms with E-state index in [1.165, 1.54) is 13.2 Å². The topological polar surface area (TPSA) is 84.5 Å². The van der Waals surface area contributed by atoms with Crippen LogP contribution in [0.5, 0.6) is 5.75 Å². The first-order valence-corrected chi connectivity index (χ1v) is 9.24. The molecule has 2 rings (SSSR count). The molecule has 0 aliphatic heterocycles. The average molecular weight is 369 g/mol. The molecule has 0 fully saturated rings. The third kappa shape index (κ3) is 5.43. The van der Waals surface area contributed by atoms with Crippen LogP contribution >= 0.6 is 11.6 Å². The molecule has 128 valence electrons. The number of anilines is 2. The second-order valence-corrected chi connectivity index (χ2v) is 7.33. The number of methoxy groups -OCH3 is 1. The Morgan fingerprint density at radius 2 is 1.83 bits per heavy atom. The van der Waals surface area contributed by atoms with Crippen LogP contribution in [0.25, 0.3) is 0 Å². The Hall–Kier alpha value is -2.25. The van der Waals surface area contributed by atoms with Gasteiger partial charge in [0.1, 0.15) is 5.75 Å². The standard InChI is InChI=1S/C16H17ClN2O4S/c1-23-15-10-13(7-8-14(15)19-24(2,21)22)18-16(20)9-11-3-5-12(17)6-4-11/h3-8,10,19H,9H2,1-2H3,(H,18,20). The van der Waals surface area contributed by atoms with Crippen LogP contribution in [-0.4, -0.2) is 27.7 Å². The molecule has 0 aliphatic carbocycles. The predicted octanol–water partition coefficient (Wildman–Crippen LogP) is 2.90. The van der Waals surface area contributed by atoms with Crippen molar-refractivity contribution >= 4 is 38.9 Å². The SMILES string of the molecule is COc1cc(NC(=O)Cc2ccc(Cl)cc2)ccc1NS(C)(=O)=O. The van der Waals surface area contributed by atoms with Gasteiger partial charge in [-0.1, -0.05) is 23.7 Å². The lowest BCUT2D eigenvalue weighted by atomic mass is 10.1. The molecule has 0 unspecified atom stereocenters. The number of hydrogen-bond acceptors (Lipinski definition) is 4. The minimum atomic E-state index is -3.42. The van der Waals surface area contributed by atoms with E-state index in [1.54, 1.807) is 36.4 Å². The third-order valence-corrected chi connectivity index (χ3v) is 3.90. The maximum Gasteiger partial charge on any atom is 0.229 e. The van der Waals surface area contributed by atoms with Crippen LogP contribution in [0.1, 0.15) is 5.56 Å². The number of benzene rings is 2. The number of rotatable bonds is 6. The second kappa shape index (κ2) is 7.55. The third-order valence-electron chi connectivity index (χ3n) is 3.06. The smallest absolute Gasteiger partial charge is 0.229 e. The first kappa shape index (κ1) is 18.1. The summed E-state index contributed by atoms with van der Waals surface area (Å²) in [6, 6.07) is 11.7. The number of carbonyl (C=O) groups is 1. The molecule has 1 amide bonds. The van der Waals surface area contributed by atoms with Crippen molar-refractivity contribution in [3.05, 3.63) is 53.1 Å². The zero-order valence-corrected chi connectivity index (χ0v) is 14.7. The molecular weight excluding hydrogens is 352 g/mol. The highest BCUT2D eigenvalue weighted by Crippen LogP contribution is 2.28. The maximum atomic E-state index is 12.1. The van der Waals surface area contributed by atoms with Gasteiger partial charge in [-0.2, -0.15) is 0 Å². The molecule has 8 heteroatoms. The molecule has 0 atom stereocenters. The summed E-state index contributed by atoms with van der Waals surface area (Å²) < 4.78 is 30.1. The van der Waals surface area contributed by atoms with Crippen molar-refractivity contribution in [2.45, 2.75) is 6.42 Å². The zero-order chi connectivity index (χ0) is 17.7. The fourth-order valence-corrected chi connectivity index (χ4v) is 2.74. The van der Waals surface area contributed by atoms with Gasteiger partial charge in [0, 0.05) is 16.8 Å². The van der Waals surface area contributed by atoms with E-state index in [4.69, 9.17) is 16.3 Å². The van der Waals surface area contributed by atoms with Gasteiger partial charge in [-0.25, -0.2) is 8.42 Å². The van der Waals surface area contributed by atoms with E-state index in [2.05, 4.69) is 10.0 Å². The lowest BCUT2D eigenvalue weighted by Crippen LogP contribution is -2.15. The highest BCUT2D eigenvalue weighted by Gasteiger charge is 2.11. The highest BCUT2D eigenvalue weighted by molar-refractivity contribution is 7.92. The molecule has 0 saturated carbocycles. The lowest BCUT2D eigenvalue weighted by Gasteiger charge is -2.12. The predicted molar refractivity (Wildman–Crippen MR) is 95.2 cm³/mol. The minimum absolute atomic E-state index is 0.197. The average Bonchev–Trinajstić information content (AvgIpc) is 2.49. The molecule has 0 saturated heterocycles. The Bertz CT molecular complexity index is 836.